The Morgan fingerprint density at radius 2 is 1.49 bits per heavy atom. The molecule has 270 valence electrons. The Bertz CT molecular complexity index is 1620. The minimum atomic E-state index is -0.439. The van der Waals surface area contributed by atoms with Crippen molar-refractivity contribution in [3.8, 4) is 11.5 Å². The number of carbonyl (C=O) groups excluding carboxylic acids is 2. The number of carbonyl (C=O) groups is 2. The molecule has 0 radical (unpaired) electrons. The lowest BCUT2D eigenvalue weighted by atomic mass is 9.34. The number of rotatable bonds is 5. The van der Waals surface area contributed by atoms with Crippen LogP contribution in [0.4, 0.5) is 0 Å². The van der Waals surface area contributed by atoms with E-state index in [0.29, 0.717) is 17.4 Å². The summed E-state index contributed by atoms with van der Waals surface area (Å²) in [6, 6.07) is 10.7. The van der Waals surface area contributed by atoms with Gasteiger partial charge in [-0.15, -0.1) is 11.8 Å². The monoisotopic (exact) mass is 691 g/mol. The maximum Gasteiger partial charge on any atom is 0.308 e. The smallest absolute Gasteiger partial charge is 0.308 e. The number of fused-ring (bicyclic) bond motifs is 7. The number of aryl methyl sites for hydroxylation is 1. The molecule has 0 aliphatic heterocycles. The van der Waals surface area contributed by atoms with Crippen LogP contribution in [0.2, 0.25) is 0 Å². The van der Waals surface area contributed by atoms with Gasteiger partial charge in [0.2, 0.25) is 0 Å². The van der Waals surface area contributed by atoms with Gasteiger partial charge in [0, 0.05) is 36.3 Å². The molecule has 49 heavy (non-hydrogen) atoms. The van der Waals surface area contributed by atoms with E-state index in [2.05, 4.69) is 71.9 Å². The summed E-state index contributed by atoms with van der Waals surface area (Å²) in [5.41, 5.74) is 5.90. The highest BCUT2D eigenvalue weighted by Crippen LogP contribution is 2.75. The summed E-state index contributed by atoms with van der Waals surface area (Å²) >= 11 is 1.84. The van der Waals surface area contributed by atoms with E-state index < -0.39 is 11.9 Å². The van der Waals surface area contributed by atoms with Crippen LogP contribution in [0.1, 0.15) is 135 Å². The summed E-state index contributed by atoms with van der Waals surface area (Å²) in [7, 11) is 0. The van der Waals surface area contributed by atoms with E-state index in [1.807, 2.05) is 38.6 Å². The molecule has 2 aromatic rings. The van der Waals surface area contributed by atoms with Crippen molar-refractivity contribution in [2.45, 2.75) is 137 Å². The Morgan fingerprint density at radius 3 is 2.08 bits per heavy atom. The molecule has 6 rings (SSSR count). The normalized spacial score (nSPS) is 34.2. The third-order valence-electron chi connectivity index (χ3n) is 13.3. The van der Waals surface area contributed by atoms with Gasteiger partial charge < -0.3 is 20.7 Å². The molecule has 7 atom stereocenters. The van der Waals surface area contributed by atoms with Crippen LogP contribution in [0.15, 0.2) is 46.9 Å². The van der Waals surface area contributed by atoms with Crippen LogP contribution in [-0.2, 0) is 15.0 Å². The molecule has 4 N–H and O–H groups in total. The van der Waals surface area contributed by atoms with E-state index in [1.54, 1.807) is 0 Å². The molecule has 3 saturated carbocycles. The van der Waals surface area contributed by atoms with Crippen molar-refractivity contribution >= 4 is 23.7 Å². The lowest BCUT2D eigenvalue weighted by Crippen LogP contribution is -2.62. The SMILES string of the molecule is CC.CC(=O)Oc1cc2c(c(C)c1OC(C)=O)C(Sc1ccc(C)cc1)C=C1[C@@]2(C)CC[C@@]2(C)[C@@H]3C[C@](C)(CO)CC[C@]3(C)CC[C@]12C.N. The standard InChI is InChI=1S/C40H52O5S.C2H6.H3N/c1-24-10-12-28(13-11-24)46-31-21-32-38(7,29-20-30(44-26(3)42)35(45-27(4)43)25(2)34(29)31)17-19-40(9)33-22-36(5,23-41)14-15-37(33,6)16-18-39(32,40)8;1-2;/h10-13,20-21,31,33,41H,14-19,22-23H2,1-9H3;1-2H3;1H3/t31?,33-,36-,37-,38+,39-,40+;;/m1../s1. The van der Waals surface area contributed by atoms with Gasteiger partial charge in [0.05, 0.1) is 5.25 Å². The quantitative estimate of drug-likeness (QED) is 0.182. The molecule has 0 heterocycles. The van der Waals surface area contributed by atoms with Crippen LogP contribution in [-0.4, -0.2) is 23.7 Å². The summed E-state index contributed by atoms with van der Waals surface area (Å²) in [5.74, 6) is 0.299. The zero-order valence-electron chi connectivity index (χ0n) is 32.0. The molecule has 0 spiro atoms. The fraction of sp³-hybridized carbons (Fsp3) is 0.619. The molecule has 0 amide bonds. The van der Waals surface area contributed by atoms with Crippen molar-refractivity contribution in [1.29, 1.82) is 0 Å². The maximum absolute atomic E-state index is 12.4. The van der Waals surface area contributed by atoms with Crippen molar-refractivity contribution in [2.24, 2.45) is 27.6 Å². The Labute approximate surface area is 299 Å². The predicted molar refractivity (Wildman–Crippen MR) is 201 cm³/mol. The van der Waals surface area contributed by atoms with Crippen molar-refractivity contribution in [2.75, 3.05) is 6.61 Å². The minimum absolute atomic E-state index is 0. The maximum atomic E-state index is 12.4. The Kier molecular flexibility index (Phi) is 11.1. The van der Waals surface area contributed by atoms with Gasteiger partial charge in [0.1, 0.15) is 0 Å². The second-order valence-electron chi connectivity index (χ2n) is 16.4. The third kappa shape index (κ3) is 6.42. The van der Waals surface area contributed by atoms with Gasteiger partial charge in [-0.05, 0) is 116 Å². The number of ether oxygens (including phenoxy) is 2. The molecule has 2 aromatic carbocycles. The van der Waals surface area contributed by atoms with E-state index in [9.17, 15) is 14.7 Å². The van der Waals surface area contributed by atoms with E-state index in [-0.39, 0.29) is 45.1 Å². The molecular formula is C42H61NO5S. The van der Waals surface area contributed by atoms with Gasteiger partial charge in [-0.1, -0.05) is 77.8 Å². The molecular weight excluding hydrogens is 631 g/mol. The molecule has 1 unspecified atom stereocenters. The van der Waals surface area contributed by atoms with E-state index in [1.165, 1.54) is 48.3 Å². The number of aliphatic hydroxyl groups excluding tert-OH is 1. The fourth-order valence-corrected chi connectivity index (χ4v) is 11.5. The molecule has 3 fully saturated rings. The summed E-state index contributed by atoms with van der Waals surface area (Å²) in [6.07, 6.45) is 10.3. The summed E-state index contributed by atoms with van der Waals surface area (Å²) < 4.78 is 11.6. The van der Waals surface area contributed by atoms with Crippen LogP contribution in [0.5, 0.6) is 11.5 Å². The largest absolute Gasteiger partial charge is 0.423 e. The first-order chi connectivity index (χ1) is 22.5. The highest BCUT2D eigenvalue weighted by molar-refractivity contribution is 7.99. The molecule has 6 nitrogen and oxygen atoms in total. The average Bonchev–Trinajstić information content (AvgIpc) is 3.04. The zero-order chi connectivity index (χ0) is 35.4. The molecule has 0 saturated heterocycles. The minimum Gasteiger partial charge on any atom is -0.423 e. The highest BCUT2D eigenvalue weighted by Gasteiger charge is 2.66. The Hall–Kier alpha value is -2.61. The number of thioether (sulfide) groups is 1. The lowest BCUT2D eigenvalue weighted by molar-refractivity contribution is -0.163. The Balaban J connectivity index is 0.00000177. The van der Waals surface area contributed by atoms with Crippen molar-refractivity contribution in [3.05, 3.63) is 64.2 Å². The fourth-order valence-electron chi connectivity index (χ4n) is 10.2. The second kappa shape index (κ2) is 13.8. The van der Waals surface area contributed by atoms with Crippen LogP contribution >= 0.6 is 11.8 Å². The first-order valence-electron chi connectivity index (χ1n) is 18.1. The topological polar surface area (TPSA) is 108 Å². The second-order valence-corrected chi connectivity index (χ2v) is 17.6. The van der Waals surface area contributed by atoms with E-state index >= 15 is 0 Å². The molecule has 4 aliphatic rings. The van der Waals surface area contributed by atoms with Crippen LogP contribution in [0.3, 0.4) is 0 Å². The molecule has 0 aromatic heterocycles. The number of allylic oxidation sites excluding steroid dienone is 1. The Morgan fingerprint density at radius 1 is 0.878 bits per heavy atom. The summed E-state index contributed by atoms with van der Waals surface area (Å²) in [6.45, 7) is 23.5. The average molecular weight is 692 g/mol. The third-order valence-corrected chi connectivity index (χ3v) is 14.5. The number of hydrogen-bond donors (Lipinski definition) is 2. The summed E-state index contributed by atoms with van der Waals surface area (Å²) in [5, 5.41) is 10.5. The number of hydrogen-bond acceptors (Lipinski definition) is 7. The zero-order valence-corrected chi connectivity index (χ0v) is 32.8. The van der Waals surface area contributed by atoms with Gasteiger partial charge in [-0.25, -0.2) is 0 Å². The number of benzene rings is 2. The van der Waals surface area contributed by atoms with E-state index in [4.69, 9.17) is 9.47 Å². The van der Waals surface area contributed by atoms with Crippen LogP contribution in [0.25, 0.3) is 0 Å². The van der Waals surface area contributed by atoms with Crippen LogP contribution in [0, 0.1) is 41.4 Å². The summed E-state index contributed by atoms with van der Waals surface area (Å²) in [4.78, 5) is 25.9. The highest BCUT2D eigenvalue weighted by atomic mass is 32.2. The molecule has 7 heteroatoms. The lowest BCUT2D eigenvalue weighted by Gasteiger charge is -2.70. The number of esters is 2. The predicted octanol–water partition coefficient (Wildman–Crippen LogP) is 10.8. The van der Waals surface area contributed by atoms with Gasteiger partial charge in [-0.2, -0.15) is 0 Å². The van der Waals surface area contributed by atoms with Crippen LogP contribution < -0.4 is 15.6 Å². The van der Waals surface area contributed by atoms with Gasteiger partial charge >= 0.3 is 11.9 Å². The first kappa shape index (κ1) is 39.2. The number of aliphatic hydroxyl groups is 1. The van der Waals surface area contributed by atoms with Gasteiger partial charge in [0.15, 0.2) is 11.5 Å². The van der Waals surface area contributed by atoms with Crippen molar-refractivity contribution in [1.82, 2.24) is 6.15 Å². The first-order valence-corrected chi connectivity index (χ1v) is 19.0. The van der Waals surface area contributed by atoms with Gasteiger partial charge in [-0.3, -0.25) is 9.59 Å². The van der Waals surface area contributed by atoms with Gasteiger partial charge in [0.25, 0.3) is 0 Å². The molecule has 4 aliphatic carbocycles. The van der Waals surface area contributed by atoms with E-state index in [0.717, 1.165) is 43.2 Å². The molecule has 0 bridgehead atoms. The van der Waals surface area contributed by atoms with Crippen molar-refractivity contribution in [3.63, 3.8) is 0 Å². The van der Waals surface area contributed by atoms with Crippen molar-refractivity contribution < 1.29 is 24.2 Å².